The van der Waals surface area contributed by atoms with Crippen LogP contribution in [0.2, 0.25) is 0 Å². The van der Waals surface area contributed by atoms with Crippen LogP contribution in [-0.2, 0) is 24.2 Å². The van der Waals surface area contributed by atoms with Gasteiger partial charge in [0.1, 0.15) is 5.75 Å². The van der Waals surface area contributed by atoms with Gasteiger partial charge >= 0.3 is 0 Å². The van der Waals surface area contributed by atoms with Gasteiger partial charge in [-0.15, -0.1) is 0 Å². The Bertz CT molecular complexity index is 413. The van der Waals surface area contributed by atoms with Crippen molar-refractivity contribution in [3.05, 3.63) is 28.3 Å². The van der Waals surface area contributed by atoms with E-state index in [0.717, 1.165) is 25.2 Å². The largest absolute Gasteiger partial charge is 0.496 e. The molecule has 1 atom stereocenters. The molecule has 0 saturated carbocycles. The van der Waals surface area contributed by atoms with E-state index >= 15 is 0 Å². The molecule has 1 unspecified atom stereocenters. The van der Waals surface area contributed by atoms with E-state index in [1.165, 1.54) is 22.3 Å². The van der Waals surface area contributed by atoms with E-state index in [1.807, 2.05) is 6.92 Å². The molecule has 1 aliphatic rings. The Morgan fingerprint density at radius 2 is 2.24 bits per heavy atom. The van der Waals surface area contributed by atoms with Gasteiger partial charge in [-0.2, -0.15) is 0 Å². The van der Waals surface area contributed by atoms with Gasteiger partial charge in [0, 0.05) is 11.6 Å². The first kappa shape index (κ1) is 12.4. The summed E-state index contributed by atoms with van der Waals surface area (Å²) in [5, 5.41) is 0. The van der Waals surface area contributed by atoms with Crippen molar-refractivity contribution in [1.82, 2.24) is 0 Å². The summed E-state index contributed by atoms with van der Waals surface area (Å²) in [5.41, 5.74) is 11.1. The molecule has 0 saturated heterocycles. The molecule has 0 radical (unpaired) electrons. The maximum atomic E-state index is 5.89. The second kappa shape index (κ2) is 5.07. The Morgan fingerprint density at radius 3 is 2.88 bits per heavy atom. The van der Waals surface area contributed by atoms with E-state index in [2.05, 4.69) is 13.0 Å². The van der Waals surface area contributed by atoms with Crippen LogP contribution in [0.4, 0.5) is 0 Å². The molecule has 0 fully saturated rings. The van der Waals surface area contributed by atoms with Gasteiger partial charge < -0.3 is 15.2 Å². The lowest BCUT2D eigenvalue weighted by atomic mass is 9.91. The molecule has 17 heavy (non-hydrogen) atoms. The monoisotopic (exact) mass is 235 g/mol. The highest BCUT2D eigenvalue weighted by Gasteiger charge is 2.19. The molecule has 3 nitrogen and oxygen atoms in total. The van der Waals surface area contributed by atoms with Crippen LogP contribution in [0.25, 0.3) is 0 Å². The predicted octanol–water partition coefficient (Wildman–Crippen LogP) is 1.97. The summed E-state index contributed by atoms with van der Waals surface area (Å²) in [6.45, 7) is 5.67. The first-order valence-electron chi connectivity index (χ1n) is 6.15. The topological polar surface area (TPSA) is 44.5 Å². The molecule has 0 bridgehead atoms. The lowest BCUT2D eigenvalue weighted by molar-refractivity contribution is 0.109. The van der Waals surface area contributed by atoms with Crippen LogP contribution in [0, 0.1) is 6.92 Å². The number of methoxy groups -OCH3 is 1. The lowest BCUT2D eigenvalue weighted by Crippen LogP contribution is -2.20. The van der Waals surface area contributed by atoms with Gasteiger partial charge in [-0.3, -0.25) is 0 Å². The Morgan fingerprint density at radius 1 is 1.47 bits per heavy atom. The van der Waals surface area contributed by atoms with Crippen molar-refractivity contribution in [2.24, 2.45) is 5.73 Å². The Kier molecular flexibility index (Phi) is 3.69. The molecular weight excluding hydrogens is 214 g/mol. The van der Waals surface area contributed by atoms with Crippen molar-refractivity contribution >= 4 is 0 Å². The van der Waals surface area contributed by atoms with Gasteiger partial charge in [-0.05, 0) is 49.4 Å². The third-order valence-electron chi connectivity index (χ3n) is 3.41. The molecule has 94 valence electrons. The summed E-state index contributed by atoms with van der Waals surface area (Å²) >= 11 is 0. The Hall–Kier alpha value is -1.06. The minimum atomic E-state index is 0.168. The smallest absolute Gasteiger partial charge is 0.122 e. The molecule has 0 spiro atoms. The molecule has 3 heteroatoms. The molecular formula is C14H21NO2. The first-order valence-corrected chi connectivity index (χ1v) is 6.15. The number of fused-ring (bicyclic) bond motifs is 1. The number of benzene rings is 1. The van der Waals surface area contributed by atoms with Crippen LogP contribution in [0.5, 0.6) is 5.75 Å². The zero-order valence-corrected chi connectivity index (χ0v) is 10.9. The van der Waals surface area contributed by atoms with Crippen LogP contribution in [0.3, 0.4) is 0 Å². The number of rotatable bonds is 3. The number of ether oxygens (including phenoxy) is 2. The minimum Gasteiger partial charge on any atom is -0.496 e. The molecule has 1 heterocycles. The van der Waals surface area contributed by atoms with Crippen molar-refractivity contribution in [3.8, 4) is 5.75 Å². The molecule has 1 aliphatic heterocycles. The fraction of sp³-hybridized carbons (Fsp3) is 0.571. The average Bonchev–Trinajstić information content (AvgIpc) is 2.32. The SMILES string of the molecule is COc1cc(CC(C)N)c(C)c2c1CCOC2. The van der Waals surface area contributed by atoms with Gasteiger partial charge in [0.05, 0.1) is 20.3 Å². The van der Waals surface area contributed by atoms with Crippen molar-refractivity contribution in [2.45, 2.75) is 39.3 Å². The van der Waals surface area contributed by atoms with Crippen LogP contribution in [-0.4, -0.2) is 19.8 Å². The number of hydrogen-bond donors (Lipinski definition) is 1. The molecule has 1 aromatic carbocycles. The number of nitrogens with two attached hydrogens (primary N) is 1. The zero-order valence-electron chi connectivity index (χ0n) is 10.9. The normalized spacial score (nSPS) is 16.5. The Balaban J connectivity index is 2.48. The van der Waals surface area contributed by atoms with Gasteiger partial charge in [-0.25, -0.2) is 0 Å². The van der Waals surface area contributed by atoms with Crippen molar-refractivity contribution in [2.75, 3.05) is 13.7 Å². The summed E-state index contributed by atoms with van der Waals surface area (Å²) in [5.74, 6) is 0.990. The zero-order chi connectivity index (χ0) is 12.4. The van der Waals surface area contributed by atoms with Gasteiger partial charge in [0.2, 0.25) is 0 Å². The van der Waals surface area contributed by atoms with Crippen LogP contribution < -0.4 is 10.5 Å². The van der Waals surface area contributed by atoms with Crippen molar-refractivity contribution < 1.29 is 9.47 Å². The summed E-state index contributed by atoms with van der Waals surface area (Å²) in [4.78, 5) is 0. The maximum absolute atomic E-state index is 5.89. The standard InChI is InChI=1S/C14H21NO2/c1-9(15)6-11-7-14(16-3)12-4-5-17-8-13(12)10(11)2/h7,9H,4-6,8,15H2,1-3H3. The average molecular weight is 235 g/mol. The molecule has 1 aromatic rings. The predicted molar refractivity (Wildman–Crippen MR) is 68.4 cm³/mol. The second-order valence-corrected chi connectivity index (χ2v) is 4.80. The maximum Gasteiger partial charge on any atom is 0.122 e. The van der Waals surface area contributed by atoms with Crippen molar-refractivity contribution in [3.63, 3.8) is 0 Å². The second-order valence-electron chi connectivity index (χ2n) is 4.80. The van der Waals surface area contributed by atoms with E-state index in [0.29, 0.717) is 6.61 Å². The molecule has 0 aromatic heterocycles. The van der Waals surface area contributed by atoms with E-state index in [1.54, 1.807) is 7.11 Å². The molecule has 2 N–H and O–H groups in total. The molecule has 0 amide bonds. The van der Waals surface area contributed by atoms with E-state index < -0.39 is 0 Å². The van der Waals surface area contributed by atoms with Gasteiger partial charge in [0.25, 0.3) is 0 Å². The highest BCUT2D eigenvalue weighted by atomic mass is 16.5. The van der Waals surface area contributed by atoms with E-state index in [9.17, 15) is 0 Å². The van der Waals surface area contributed by atoms with Gasteiger partial charge in [-0.1, -0.05) is 0 Å². The third-order valence-corrected chi connectivity index (χ3v) is 3.41. The fourth-order valence-corrected chi connectivity index (χ4v) is 2.48. The highest BCUT2D eigenvalue weighted by molar-refractivity contribution is 5.50. The number of hydrogen-bond acceptors (Lipinski definition) is 3. The van der Waals surface area contributed by atoms with Crippen LogP contribution in [0.15, 0.2) is 6.07 Å². The Labute approximate surface area is 103 Å². The fourth-order valence-electron chi connectivity index (χ4n) is 2.48. The van der Waals surface area contributed by atoms with Crippen LogP contribution in [0.1, 0.15) is 29.2 Å². The van der Waals surface area contributed by atoms with Crippen molar-refractivity contribution in [1.29, 1.82) is 0 Å². The summed E-state index contributed by atoms with van der Waals surface area (Å²) in [6, 6.07) is 2.31. The third kappa shape index (κ3) is 2.45. The summed E-state index contributed by atoms with van der Waals surface area (Å²) in [6.07, 6.45) is 1.83. The first-order chi connectivity index (χ1) is 8.13. The van der Waals surface area contributed by atoms with Gasteiger partial charge in [0.15, 0.2) is 0 Å². The summed E-state index contributed by atoms with van der Waals surface area (Å²) in [7, 11) is 1.73. The minimum absolute atomic E-state index is 0.168. The van der Waals surface area contributed by atoms with Crippen LogP contribution >= 0.6 is 0 Å². The highest BCUT2D eigenvalue weighted by Crippen LogP contribution is 2.32. The molecule has 0 aliphatic carbocycles. The quantitative estimate of drug-likeness (QED) is 0.871. The summed E-state index contributed by atoms with van der Waals surface area (Å²) < 4.78 is 11.0. The van der Waals surface area contributed by atoms with E-state index in [4.69, 9.17) is 15.2 Å². The lowest BCUT2D eigenvalue weighted by Gasteiger charge is -2.24. The molecule has 2 rings (SSSR count). The van der Waals surface area contributed by atoms with E-state index in [-0.39, 0.29) is 6.04 Å².